The van der Waals surface area contributed by atoms with Crippen molar-refractivity contribution in [3.63, 3.8) is 0 Å². The van der Waals surface area contributed by atoms with Gasteiger partial charge in [-0.25, -0.2) is 0 Å². The molecule has 2 atom stereocenters. The third kappa shape index (κ3) is 4.47. The highest BCUT2D eigenvalue weighted by Crippen LogP contribution is 2.02. The van der Waals surface area contributed by atoms with Crippen molar-refractivity contribution in [1.29, 1.82) is 0 Å². The maximum absolute atomic E-state index is 11.3. The van der Waals surface area contributed by atoms with Crippen molar-refractivity contribution >= 4 is 5.97 Å². The Morgan fingerprint density at radius 2 is 2.44 bits per heavy atom. The van der Waals surface area contributed by atoms with E-state index < -0.39 is 0 Å². The summed E-state index contributed by atoms with van der Waals surface area (Å²) < 4.78 is 10.5. The molecule has 0 saturated carbocycles. The van der Waals surface area contributed by atoms with Gasteiger partial charge in [0.1, 0.15) is 6.04 Å². The fourth-order valence-corrected chi connectivity index (χ4v) is 1.65. The van der Waals surface area contributed by atoms with Gasteiger partial charge in [0.15, 0.2) is 0 Å². The van der Waals surface area contributed by atoms with E-state index >= 15 is 0 Å². The van der Waals surface area contributed by atoms with Crippen LogP contribution >= 0.6 is 0 Å². The lowest BCUT2D eigenvalue weighted by atomic mass is 10.2. The lowest BCUT2D eigenvalue weighted by Crippen LogP contribution is -2.48. The predicted octanol–water partition coefficient (Wildman–Crippen LogP) is -0.142. The summed E-state index contributed by atoms with van der Waals surface area (Å²) in [7, 11) is 2.07. The molecule has 2 unspecified atom stereocenters. The highest BCUT2D eigenvalue weighted by Gasteiger charge is 2.20. The van der Waals surface area contributed by atoms with E-state index in [0.29, 0.717) is 13.2 Å². The van der Waals surface area contributed by atoms with Gasteiger partial charge in [-0.05, 0) is 20.9 Å². The van der Waals surface area contributed by atoms with Crippen molar-refractivity contribution in [2.75, 3.05) is 39.9 Å². The van der Waals surface area contributed by atoms with E-state index in [1.165, 1.54) is 0 Å². The van der Waals surface area contributed by atoms with Gasteiger partial charge in [0.05, 0.1) is 19.3 Å². The monoisotopic (exact) mass is 230 g/mol. The van der Waals surface area contributed by atoms with Crippen LogP contribution in [0.1, 0.15) is 13.8 Å². The molecule has 1 aliphatic heterocycles. The number of carbonyl (C=O) groups excluding carboxylic acids is 1. The molecule has 1 N–H and O–H groups in total. The average Bonchev–Trinajstić information content (AvgIpc) is 2.26. The van der Waals surface area contributed by atoms with Crippen molar-refractivity contribution in [3.8, 4) is 0 Å². The van der Waals surface area contributed by atoms with Gasteiger partial charge in [-0.2, -0.15) is 0 Å². The van der Waals surface area contributed by atoms with E-state index in [1.807, 2.05) is 13.8 Å². The summed E-state index contributed by atoms with van der Waals surface area (Å²) in [4.78, 5) is 13.6. The summed E-state index contributed by atoms with van der Waals surface area (Å²) in [6, 6.07) is -0.268. The second-order valence-corrected chi connectivity index (χ2v) is 4.14. The molecule has 0 aliphatic carbocycles. The van der Waals surface area contributed by atoms with E-state index in [1.54, 1.807) is 0 Å². The first-order chi connectivity index (χ1) is 7.63. The van der Waals surface area contributed by atoms with Gasteiger partial charge in [0.2, 0.25) is 0 Å². The van der Waals surface area contributed by atoms with Gasteiger partial charge in [-0.15, -0.1) is 0 Å². The van der Waals surface area contributed by atoms with E-state index in [0.717, 1.165) is 19.7 Å². The molecule has 0 aromatic heterocycles. The fourth-order valence-electron chi connectivity index (χ4n) is 1.65. The quantitative estimate of drug-likeness (QED) is 0.666. The molecule has 0 amide bonds. The smallest absolute Gasteiger partial charge is 0.322 e. The minimum Gasteiger partial charge on any atom is -0.465 e. The maximum Gasteiger partial charge on any atom is 0.322 e. The largest absolute Gasteiger partial charge is 0.465 e. The molecule has 1 rings (SSSR count). The molecular weight excluding hydrogens is 208 g/mol. The summed E-state index contributed by atoms with van der Waals surface area (Å²) in [5.41, 5.74) is 0. The lowest BCUT2D eigenvalue weighted by molar-refractivity contribution is -0.145. The van der Waals surface area contributed by atoms with Crippen molar-refractivity contribution in [2.45, 2.75) is 26.0 Å². The molecule has 5 heteroatoms. The van der Waals surface area contributed by atoms with E-state index in [-0.39, 0.29) is 18.1 Å². The van der Waals surface area contributed by atoms with Crippen LogP contribution in [0.25, 0.3) is 0 Å². The average molecular weight is 230 g/mol. The molecule has 16 heavy (non-hydrogen) atoms. The number of hydrogen-bond donors (Lipinski definition) is 1. The first-order valence-corrected chi connectivity index (χ1v) is 5.83. The molecule has 5 nitrogen and oxygen atoms in total. The Kier molecular flexibility index (Phi) is 5.73. The number of rotatable bonds is 5. The molecule has 1 aliphatic rings. The third-order valence-electron chi connectivity index (χ3n) is 2.63. The molecule has 0 aromatic carbocycles. The Morgan fingerprint density at radius 3 is 3.06 bits per heavy atom. The zero-order valence-electron chi connectivity index (χ0n) is 10.4. The minimum atomic E-state index is -0.268. The summed E-state index contributed by atoms with van der Waals surface area (Å²) in [6.07, 6.45) is 0.163. The lowest BCUT2D eigenvalue weighted by Gasteiger charge is -2.30. The van der Waals surface area contributed by atoms with Gasteiger partial charge in [0.25, 0.3) is 0 Å². The van der Waals surface area contributed by atoms with Gasteiger partial charge in [-0.3, -0.25) is 4.79 Å². The van der Waals surface area contributed by atoms with Crippen molar-refractivity contribution in [1.82, 2.24) is 10.2 Å². The Hall–Kier alpha value is -0.650. The van der Waals surface area contributed by atoms with Crippen LogP contribution in [-0.2, 0) is 14.3 Å². The van der Waals surface area contributed by atoms with Crippen LogP contribution in [0.5, 0.6) is 0 Å². The normalized spacial score (nSPS) is 24.1. The molecule has 0 aromatic rings. The third-order valence-corrected chi connectivity index (χ3v) is 2.63. The first kappa shape index (κ1) is 13.4. The summed E-state index contributed by atoms with van der Waals surface area (Å²) in [5, 5.41) is 3.13. The second kappa shape index (κ2) is 6.83. The molecule has 0 bridgehead atoms. The number of hydrogen-bond acceptors (Lipinski definition) is 5. The van der Waals surface area contributed by atoms with Crippen LogP contribution in [0.3, 0.4) is 0 Å². The van der Waals surface area contributed by atoms with Crippen LogP contribution in [-0.4, -0.2) is 62.9 Å². The Bertz CT molecular complexity index is 223. The molecule has 0 radical (unpaired) electrons. The van der Waals surface area contributed by atoms with Crippen LogP contribution in [0.2, 0.25) is 0 Å². The molecule has 1 fully saturated rings. The predicted molar refractivity (Wildman–Crippen MR) is 61.3 cm³/mol. The van der Waals surface area contributed by atoms with Gasteiger partial charge in [0, 0.05) is 19.6 Å². The Morgan fingerprint density at radius 1 is 1.69 bits per heavy atom. The number of morpholine rings is 1. The molecule has 1 saturated heterocycles. The van der Waals surface area contributed by atoms with Crippen LogP contribution in [0, 0.1) is 0 Å². The van der Waals surface area contributed by atoms with Gasteiger partial charge in [-0.1, -0.05) is 0 Å². The molecule has 0 spiro atoms. The standard InChI is InChI=1S/C11H22N2O3/c1-4-15-11(14)9(2)12-7-10-8-13(3)5-6-16-10/h9-10,12H,4-8H2,1-3H3. The van der Waals surface area contributed by atoms with Crippen molar-refractivity contribution in [3.05, 3.63) is 0 Å². The van der Waals surface area contributed by atoms with Gasteiger partial charge >= 0.3 is 5.97 Å². The van der Waals surface area contributed by atoms with Crippen molar-refractivity contribution < 1.29 is 14.3 Å². The SMILES string of the molecule is CCOC(=O)C(C)NCC1CN(C)CCO1. The van der Waals surface area contributed by atoms with E-state index in [9.17, 15) is 4.79 Å². The number of esters is 1. The Labute approximate surface area is 97.1 Å². The fraction of sp³-hybridized carbons (Fsp3) is 0.909. The number of nitrogens with zero attached hydrogens (tertiary/aromatic N) is 1. The maximum atomic E-state index is 11.3. The number of carbonyl (C=O) groups is 1. The van der Waals surface area contributed by atoms with Crippen molar-refractivity contribution in [2.24, 2.45) is 0 Å². The van der Waals surface area contributed by atoms with Gasteiger partial charge < -0.3 is 19.7 Å². The molecule has 1 heterocycles. The number of likely N-dealkylation sites (N-methyl/N-ethyl adjacent to an activating group) is 1. The highest BCUT2D eigenvalue weighted by atomic mass is 16.5. The highest BCUT2D eigenvalue weighted by molar-refractivity contribution is 5.75. The van der Waals surface area contributed by atoms with Crippen LogP contribution < -0.4 is 5.32 Å². The summed E-state index contributed by atoms with van der Waals surface area (Å²) >= 11 is 0. The molecule has 94 valence electrons. The van der Waals surface area contributed by atoms with E-state index in [2.05, 4.69) is 17.3 Å². The zero-order chi connectivity index (χ0) is 12.0. The van der Waals surface area contributed by atoms with Crippen LogP contribution in [0.15, 0.2) is 0 Å². The Balaban J connectivity index is 2.20. The van der Waals surface area contributed by atoms with E-state index in [4.69, 9.17) is 9.47 Å². The minimum absolute atomic E-state index is 0.163. The summed E-state index contributed by atoms with van der Waals surface area (Å²) in [6.45, 7) is 7.37. The number of nitrogens with one attached hydrogen (secondary N) is 1. The van der Waals surface area contributed by atoms with Crippen LogP contribution in [0.4, 0.5) is 0 Å². The molecular formula is C11H22N2O3. The zero-order valence-corrected chi connectivity index (χ0v) is 10.4. The summed E-state index contributed by atoms with van der Waals surface area (Å²) in [5.74, 6) is -0.202. The second-order valence-electron chi connectivity index (χ2n) is 4.14. The number of ether oxygens (including phenoxy) is 2. The first-order valence-electron chi connectivity index (χ1n) is 5.83. The topological polar surface area (TPSA) is 50.8 Å².